The van der Waals surface area contributed by atoms with Gasteiger partial charge in [-0.2, -0.15) is 15.5 Å². The second-order valence-electron chi connectivity index (χ2n) is 7.74. The largest absolute Gasteiger partial charge is 0.294 e. The quantitative estimate of drug-likeness (QED) is 0.717. The Morgan fingerprint density at radius 1 is 1.39 bits per heavy atom. The van der Waals surface area contributed by atoms with Gasteiger partial charge in [-0.15, -0.1) is 0 Å². The van der Waals surface area contributed by atoms with Gasteiger partial charge in [-0.3, -0.25) is 14.5 Å². The van der Waals surface area contributed by atoms with Crippen LogP contribution in [-0.4, -0.2) is 27.3 Å². The molecular formula is C21H22FN5O. The number of aromatic nitrogens is 2. The van der Waals surface area contributed by atoms with Crippen molar-refractivity contribution in [1.29, 1.82) is 5.26 Å². The molecule has 2 aliphatic rings. The summed E-state index contributed by atoms with van der Waals surface area (Å²) in [5, 5.41) is 20.3. The van der Waals surface area contributed by atoms with E-state index in [1.807, 2.05) is 17.8 Å². The molecule has 1 aliphatic carbocycles. The van der Waals surface area contributed by atoms with Gasteiger partial charge in [0.15, 0.2) is 11.5 Å². The molecule has 0 bridgehead atoms. The molecule has 1 fully saturated rings. The Labute approximate surface area is 163 Å². The Morgan fingerprint density at radius 2 is 2.18 bits per heavy atom. The number of carbonyl (C=O) groups excluding carboxylic acids is 1. The molecule has 4 rings (SSSR count). The Morgan fingerprint density at radius 3 is 2.86 bits per heavy atom. The second kappa shape index (κ2) is 7.19. The zero-order valence-electron chi connectivity index (χ0n) is 16.0. The molecule has 1 aromatic carbocycles. The van der Waals surface area contributed by atoms with E-state index in [2.05, 4.69) is 16.3 Å². The molecule has 1 saturated carbocycles. The minimum Gasteiger partial charge on any atom is -0.294 e. The lowest BCUT2D eigenvalue weighted by molar-refractivity contribution is 0.101. The van der Waals surface area contributed by atoms with E-state index >= 15 is 0 Å². The van der Waals surface area contributed by atoms with Gasteiger partial charge in [0.05, 0.1) is 11.7 Å². The van der Waals surface area contributed by atoms with Crippen LogP contribution in [0, 0.1) is 23.1 Å². The number of nitriles is 1. The van der Waals surface area contributed by atoms with Crippen LogP contribution in [-0.2, 0) is 13.0 Å². The molecule has 144 valence electrons. The summed E-state index contributed by atoms with van der Waals surface area (Å²) >= 11 is 0. The highest BCUT2D eigenvalue weighted by molar-refractivity contribution is 6.00. The van der Waals surface area contributed by atoms with E-state index in [1.165, 1.54) is 31.9 Å². The molecule has 1 unspecified atom stereocenters. The maximum atomic E-state index is 13.7. The van der Waals surface area contributed by atoms with Crippen LogP contribution < -0.4 is 5.01 Å². The predicted molar refractivity (Wildman–Crippen MR) is 104 cm³/mol. The van der Waals surface area contributed by atoms with Crippen LogP contribution in [0.2, 0.25) is 0 Å². The Balaban J connectivity index is 1.63. The third kappa shape index (κ3) is 3.68. The van der Waals surface area contributed by atoms with Crippen molar-refractivity contribution in [1.82, 2.24) is 9.78 Å². The average Bonchev–Trinajstić information content (AvgIpc) is 3.27. The molecule has 1 aliphatic heterocycles. The number of halogens is 1. The predicted octanol–water partition coefficient (Wildman–Crippen LogP) is 3.70. The van der Waals surface area contributed by atoms with Crippen LogP contribution >= 0.6 is 0 Å². The standard InChI is InChI=1S/C21H22FN5O/c1-13-7-18(8-16-12-26(11-15-3-4-15)25-20(16)10-23)27(24-13)21-6-5-17(22)9-19(21)14(2)28/h5-6,9,12,15,18H,3-4,7-8,11H2,1-2H3. The first-order chi connectivity index (χ1) is 13.4. The van der Waals surface area contributed by atoms with Crippen molar-refractivity contribution in [3.8, 4) is 6.07 Å². The van der Waals surface area contributed by atoms with Crippen LogP contribution in [0.15, 0.2) is 29.5 Å². The molecule has 0 N–H and O–H groups in total. The average molecular weight is 379 g/mol. The van der Waals surface area contributed by atoms with Crippen LogP contribution in [0.3, 0.4) is 0 Å². The topological polar surface area (TPSA) is 74.3 Å². The van der Waals surface area contributed by atoms with Gasteiger partial charge in [-0.25, -0.2) is 4.39 Å². The van der Waals surface area contributed by atoms with Crippen molar-refractivity contribution in [2.45, 2.75) is 52.1 Å². The van der Waals surface area contributed by atoms with E-state index in [9.17, 15) is 14.4 Å². The molecule has 1 atom stereocenters. The van der Waals surface area contributed by atoms with Crippen LogP contribution in [0.25, 0.3) is 0 Å². The lowest BCUT2D eigenvalue weighted by atomic mass is 10.0. The van der Waals surface area contributed by atoms with Gasteiger partial charge in [-0.1, -0.05) is 0 Å². The lowest BCUT2D eigenvalue weighted by Gasteiger charge is -2.25. The highest BCUT2D eigenvalue weighted by Gasteiger charge is 2.30. The summed E-state index contributed by atoms with van der Waals surface area (Å²) in [6.45, 7) is 4.21. The van der Waals surface area contributed by atoms with Crippen molar-refractivity contribution in [3.63, 3.8) is 0 Å². The number of carbonyl (C=O) groups is 1. The number of hydrogen-bond donors (Lipinski definition) is 0. The number of rotatable bonds is 6. The van der Waals surface area contributed by atoms with Crippen molar-refractivity contribution in [2.75, 3.05) is 5.01 Å². The summed E-state index contributed by atoms with van der Waals surface area (Å²) in [7, 11) is 0. The first-order valence-electron chi connectivity index (χ1n) is 9.55. The Hall–Kier alpha value is -3.01. The van der Waals surface area contributed by atoms with Gasteiger partial charge < -0.3 is 0 Å². The fraction of sp³-hybridized carbons (Fsp3) is 0.429. The first kappa shape index (κ1) is 18.4. The molecule has 0 radical (unpaired) electrons. The summed E-state index contributed by atoms with van der Waals surface area (Å²) in [6, 6.07) is 6.35. The number of anilines is 1. The maximum absolute atomic E-state index is 13.7. The number of Topliss-reactive ketones (excluding diaryl/α,β-unsaturated/α-hetero) is 1. The molecule has 1 aromatic heterocycles. The summed E-state index contributed by atoms with van der Waals surface area (Å²) in [4.78, 5) is 12.0. The number of nitrogens with zero attached hydrogens (tertiary/aromatic N) is 5. The molecular weight excluding hydrogens is 357 g/mol. The molecule has 0 spiro atoms. The Kier molecular flexibility index (Phi) is 4.71. The minimum atomic E-state index is -0.446. The normalized spacial score (nSPS) is 18.9. The van der Waals surface area contributed by atoms with Gasteiger partial charge in [-0.05, 0) is 57.2 Å². The third-order valence-corrected chi connectivity index (χ3v) is 5.28. The highest BCUT2D eigenvalue weighted by Crippen LogP contribution is 2.32. The van der Waals surface area contributed by atoms with Crippen molar-refractivity contribution in [3.05, 3.63) is 47.0 Å². The van der Waals surface area contributed by atoms with E-state index in [0.717, 1.165) is 17.8 Å². The van der Waals surface area contributed by atoms with Crippen LogP contribution in [0.5, 0.6) is 0 Å². The lowest BCUT2D eigenvalue weighted by Crippen LogP contribution is -2.30. The van der Waals surface area contributed by atoms with Gasteiger partial charge >= 0.3 is 0 Å². The second-order valence-corrected chi connectivity index (χ2v) is 7.74. The summed E-state index contributed by atoms with van der Waals surface area (Å²) in [5.74, 6) is 0.0201. The molecule has 7 heteroatoms. The summed E-state index contributed by atoms with van der Waals surface area (Å²) < 4.78 is 15.5. The fourth-order valence-electron chi connectivity index (χ4n) is 3.75. The zero-order valence-corrected chi connectivity index (χ0v) is 16.0. The fourth-order valence-corrected chi connectivity index (χ4v) is 3.75. The SMILES string of the molecule is CC(=O)c1cc(F)ccc1N1N=C(C)CC1Cc1cn(CC2CC2)nc1C#N. The molecule has 6 nitrogen and oxygen atoms in total. The van der Waals surface area contributed by atoms with Gasteiger partial charge in [0.2, 0.25) is 0 Å². The molecule has 28 heavy (non-hydrogen) atoms. The van der Waals surface area contributed by atoms with Crippen LogP contribution in [0.4, 0.5) is 10.1 Å². The van der Waals surface area contributed by atoms with E-state index in [-0.39, 0.29) is 11.8 Å². The van der Waals surface area contributed by atoms with Crippen molar-refractivity contribution >= 4 is 17.2 Å². The smallest absolute Gasteiger partial charge is 0.165 e. The third-order valence-electron chi connectivity index (χ3n) is 5.28. The van der Waals surface area contributed by atoms with Crippen molar-refractivity contribution < 1.29 is 9.18 Å². The number of hydrogen-bond acceptors (Lipinski definition) is 5. The number of hydrazone groups is 1. The first-order valence-corrected chi connectivity index (χ1v) is 9.55. The summed E-state index contributed by atoms with van der Waals surface area (Å²) in [6.07, 6.45) is 5.70. The Bertz CT molecular complexity index is 999. The van der Waals surface area contributed by atoms with Gasteiger partial charge in [0, 0.05) is 36.0 Å². The van der Waals surface area contributed by atoms with E-state index in [0.29, 0.717) is 35.7 Å². The van der Waals surface area contributed by atoms with Crippen molar-refractivity contribution in [2.24, 2.45) is 11.0 Å². The molecule has 2 heterocycles. The van der Waals surface area contributed by atoms with Gasteiger partial charge in [0.1, 0.15) is 11.9 Å². The monoisotopic (exact) mass is 379 g/mol. The number of ketones is 1. The zero-order chi connectivity index (χ0) is 19.8. The van der Waals surface area contributed by atoms with Crippen LogP contribution in [0.1, 0.15) is 54.7 Å². The molecule has 0 saturated heterocycles. The van der Waals surface area contributed by atoms with E-state index in [1.54, 1.807) is 11.1 Å². The van der Waals surface area contributed by atoms with Gasteiger partial charge in [0.25, 0.3) is 0 Å². The number of benzene rings is 1. The summed E-state index contributed by atoms with van der Waals surface area (Å²) in [5.41, 5.74) is 3.17. The molecule has 0 amide bonds. The van der Waals surface area contributed by atoms with E-state index < -0.39 is 5.82 Å². The minimum absolute atomic E-state index is 0.0470. The maximum Gasteiger partial charge on any atom is 0.165 e. The molecule has 2 aromatic rings. The van der Waals surface area contributed by atoms with E-state index in [4.69, 9.17) is 0 Å². The highest BCUT2D eigenvalue weighted by atomic mass is 19.1.